The summed E-state index contributed by atoms with van der Waals surface area (Å²) in [4.78, 5) is 14.8. The van der Waals surface area contributed by atoms with Gasteiger partial charge in [-0.3, -0.25) is 4.79 Å². The molecule has 2 aromatic rings. The highest BCUT2D eigenvalue weighted by Crippen LogP contribution is 2.41. The Morgan fingerprint density at radius 1 is 1.17 bits per heavy atom. The molecule has 6 heteroatoms. The molecule has 0 aromatic heterocycles. The van der Waals surface area contributed by atoms with Crippen LogP contribution in [0.3, 0.4) is 0 Å². The lowest BCUT2D eigenvalue weighted by molar-refractivity contribution is 0.0952. The number of ether oxygens (including phenoxy) is 2. The smallest absolute Gasteiger partial charge is 0.260 e. The first kappa shape index (κ1) is 14.8. The summed E-state index contributed by atoms with van der Waals surface area (Å²) in [6.45, 7) is 0. The van der Waals surface area contributed by atoms with E-state index in [1.807, 2.05) is 24.3 Å². The SMILES string of the molecule is COc1cc2c(cc1OC)C(=O)N1c3ccccc3CC1C(O)N2. The van der Waals surface area contributed by atoms with Gasteiger partial charge in [0.1, 0.15) is 6.23 Å². The van der Waals surface area contributed by atoms with Gasteiger partial charge in [-0.1, -0.05) is 18.2 Å². The molecule has 2 aromatic carbocycles. The average molecular weight is 326 g/mol. The van der Waals surface area contributed by atoms with Crippen LogP contribution in [0.1, 0.15) is 15.9 Å². The van der Waals surface area contributed by atoms with Crippen LogP contribution in [0.2, 0.25) is 0 Å². The lowest BCUT2D eigenvalue weighted by Gasteiger charge is -2.26. The molecule has 0 aliphatic carbocycles. The highest BCUT2D eigenvalue weighted by atomic mass is 16.5. The lowest BCUT2D eigenvalue weighted by atomic mass is 10.1. The average Bonchev–Trinajstić information content (AvgIpc) is 2.96. The van der Waals surface area contributed by atoms with Gasteiger partial charge in [0, 0.05) is 11.8 Å². The van der Waals surface area contributed by atoms with Gasteiger partial charge in [0.05, 0.1) is 31.5 Å². The van der Waals surface area contributed by atoms with Crippen LogP contribution >= 0.6 is 0 Å². The van der Waals surface area contributed by atoms with Gasteiger partial charge in [-0.25, -0.2) is 0 Å². The molecule has 2 atom stereocenters. The van der Waals surface area contributed by atoms with E-state index in [0.29, 0.717) is 29.2 Å². The number of para-hydroxylation sites is 1. The van der Waals surface area contributed by atoms with E-state index in [2.05, 4.69) is 5.32 Å². The van der Waals surface area contributed by atoms with Crippen molar-refractivity contribution in [3.63, 3.8) is 0 Å². The number of amides is 1. The zero-order valence-electron chi connectivity index (χ0n) is 13.4. The van der Waals surface area contributed by atoms with Gasteiger partial charge in [0.2, 0.25) is 0 Å². The minimum Gasteiger partial charge on any atom is -0.493 e. The predicted octanol–water partition coefficient (Wildman–Crippen LogP) is 2.02. The van der Waals surface area contributed by atoms with E-state index >= 15 is 0 Å². The number of anilines is 2. The topological polar surface area (TPSA) is 71.0 Å². The van der Waals surface area contributed by atoms with Crippen LogP contribution in [0.4, 0.5) is 11.4 Å². The van der Waals surface area contributed by atoms with Gasteiger partial charge in [0.15, 0.2) is 11.5 Å². The normalized spacial score (nSPS) is 21.3. The lowest BCUT2D eigenvalue weighted by Crippen LogP contribution is -2.45. The summed E-state index contributed by atoms with van der Waals surface area (Å²) in [5.41, 5.74) is 2.89. The van der Waals surface area contributed by atoms with E-state index in [0.717, 1.165) is 11.3 Å². The summed E-state index contributed by atoms with van der Waals surface area (Å²) >= 11 is 0. The molecule has 0 spiro atoms. The van der Waals surface area contributed by atoms with Gasteiger partial charge < -0.3 is 24.8 Å². The van der Waals surface area contributed by atoms with Crippen molar-refractivity contribution < 1.29 is 19.4 Å². The largest absolute Gasteiger partial charge is 0.493 e. The quantitative estimate of drug-likeness (QED) is 0.883. The molecular weight excluding hydrogens is 308 g/mol. The number of fused-ring (bicyclic) bond motifs is 4. The zero-order chi connectivity index (χ0) is 16.8. The molecule has 124 valence electrons. The Kier molecular flexibility index (Phi) is 3.35. The van der Waals surface area contributed by atoms with Crippen LogP contribution in [0.25, 0.3) is 0 Å². The van der Waals surface area contributed by atoms with E-state index in [1.54, 1.807) is 17.0 Å². The van der Waals surface area contributed by atoms with Crippen molar-refractivity contribution >= 4 is 17.3 Å². The Bertz CT molecular complexity index is 821. The van der Waals surface area contributed by atoms with Crippen molar-refractivity contribution in [2.45, 2.75) is 18.7 Å². The molecule has 0 fully saturated rings. The fourth-order valence-corrected chi connectivity index (χ4v) is 3.49. The molecule has 1 amide bonds. The number of aliphatic hydroxyl groups is 1. The predicted molar refractivity (Wildman–Crippen MR) is 89.9 cm³/mol. The number of benzene rings is 2. The molecule has 2 aliphatic heterocycles. The standard InChI is InChI=1S/C18H18N2O4/c1-23-15-8-11-12(9-16(15)24-2)19-17(21)14-7-10-5-3-4-6-13(10)20(14)18(11)22/h3-6,8-9,14,17,19,21H,7H2,1-2H3. The molecule has 0 radical (unpaired) electrons. The van der Waals surface area contributed by atoms with Crippen LogP contribution in [0, 0.1) is 0 Å². The molecule has 2 unspecified atom stereocenters. The van der Waals surface area contributed by atoms with Crippen LogP contribution < -0.4 is 19.7 Å². The van der Waals surface area contributed by atoms with Crippen LogP contribution in [0.15, 0.2) is 36.4 Å². The first-order valence-electron chi connectivity index (χ1n) is 7.76. The molecule has 0 bridgehead atoms. The molecular formula is C18H18N2O4. The van der Waals surface area contributed by atoms with E-state index in [1.165, 1.54) is 14.2 Å². The van der Waals surface area contributed by atoms with Crippen molar-refractivity contribution in [2.24, 2.45) is 0 Å². The summed E-state index contributed by atoms with van der Waals surface area (Å²) in [6.07, 6.45) is -0.265. The third-order valence-corrected chi connectivity index (χ3v) is 4.65. The zero-order valence-corrected chi connectivity index (χ0v) is 13.4. The summed E-state index contributed by atoms with van der Waals surface area (Å²) in [6, 6.07) is 10.7. The molecule has 6 nitrogen and oxygen atoms in total. The number of hydrogen-bond donors (Lipinski definition) is 2. The number of aliphatic hydroxyl groups excluding tert-OH is 1. The Balaban J connectivity index is 1.87. The van der Waals surface area contributed by atoms with Crippen molar-refractivity contribution in [1.82, 2.24) is 0 Å². The summed E-state index contributed by atoms with van der Waals surface area (Å²) < 4.78 is 10.6. The van der Waals surface area contributed by atoms with Crippen LogP contribution in [-0.4, -0.2) is 37.5 Å². The molecule has 4 rings (SSSR count). The van der Waals surface area contributed by atoms with Gasteiger partial charge in [-0.15, -0.1) is 0 Å². The number of hydrogen-bond acceptors (Lipinski definition) is 5. The third kappa shape index (κ3) is 2.03. The van der Waals surface area contributed by atoms with Crippen LogP contribution in [0.5, 0.6) is 11.5 Å². The second-order valence-electron chi connectivity index (χ2n) is 5.92. The van der Waals surface area contributed by atoms with Gasteiger partial charge in [-0.05, 0) is 24.1 Å². The van der Waals surface area contributed by atoms with E-state index < -0.39 is 6.23 Å². The number of methoxy groups -OCH3 is 2. The first-order valence-corrected chi connectivity index (χ1v) is 7.76. The maximum absolute atomic E-state index is 13.2. The minimum absolute atomic E-state index is 0.162. The van der Waals surface area contributed by atoms with E-state index in [-0.39, 0.29) is 11.9 Å². The summed E-state index contributed by atoms with van der Waals surface area (Å²) in [5.74, 6) is 0.822. The monoisotopic (exact) mass is 326 g/mol. The van der Waals surface area contributed by atoms with E-state index in [4.69, 9.17) is 9.47 Å². The molecule has 2 N–H and O–H groups in total. The number of nitrogens with zero attached hydrogens (tertiary/aromatic N) is 1. The summed E-state index contributed by atoms with van der Waals surface area (Å²) in [5, 5.41) is 13.7. The minimum atomic E-state index is -0.874. The summed E-state index contributed by atoms with van der Waals surface area (Å²) in [7, 11) is 3.06. The number of rotatable bonds is 2. The molecule has 0 saturated heterocycles. The Morgan fingerprint density at radius 3 is 2.62 bits per heavy atom. The molecule has 2 aliphatic rings. The van der Waals surface area contributed by atoms with E-state index in [9.17, 15) is 9.90 Å². The fourth-order valence-electron chi connectivity index (χ4n) is 3.49. The highest BCUT2D eigenvalue weighted by molar-refractivity contribution is 6.12. The second-order valence-corrected chi connectivity index (χ2v) is 5.92. The highest BCUT2D eigenvalue weighted by Gasteiger charge is 2.42. The van der Waals surface area contributed by atoms with Crippen molar-refractivity contribution in [3.05, 3.63) is 47.5 Å². The Hall–Kier alpha value is -2.73. The Morgan fingerprint density at radius 2 is 1.88 bits per heavy atom. The fraction of sp³-hybridized carbons (Fsp3) is 0.278. The van der Waals surface area contributed by atoms with Crippen molar-refractivity contribution in [3.8, 4) is 11.5 Å². The van der Waals surface area contributed by atoms with Gasteiger partial charge in [-0.2, -0.15) is 0 Å². The van der Waals surface area contributed by atoms with Gasteiger partial charge in [0.25, 0.3) is 5.91 Å². The number of carbonyl (C=O) groups excluding carboxylic acids is 1. The maximum Gasteiger partial charge on any atom is 0.260 e. The van der Waals surface area contributed by atoms with Gasteiger partial charge >= 0.3 is 0 Å². The van der Waals surface area contributed by atoms with Crippen LogP contribution in [-0.2, 0) is 6.42 Å². The number of carbonyl (C=O) groups is 1. The first-order chi connectivity index (χ1) is 11.6. The third-order valence-electron chi connectivity index (χ3n) is 4.65. The maximum atomic E-state index is 13.2. The molecule has 2 heterocycles. The molecule has 0 saturated carbocycles. The molecule has 24 heavy (non-hydrogen) atoms. The Labute approximate surface area is 139 Å². The number of nitrogens with one attached hydrogen (secondary N) is 1. The van der Waals surface area contributed by atoms with Crippen molar-refractivity contribution in [1.29, 1.82) is 0 Å². The van der Waals surface area contributed by atoms with Crippen molar-refractivity contribution in [2.75, 3.05) is 24.4 Å². The second kappa shape index (κ2) is 5.42.